The lowest BCUT2D eigenvalue weighted by atomic mass is 9.79. The van der Waals surface area contributed by atoms with Crippen LogP contribution >= 0.6 is 11.8 Å². The summed E-state index contributed by atoms with van der Waals surface area (Å²) in [5.74, 6) is 0. The lowest BCUT2D eigenvalue weighted by Crippen LogP contribution is -2.40. The summed E-state index contributed by atoms with van der Waals surface area (Å²) in [7, 11) is 0. The molecule has 0 spiro atoms. The Kier molecular flexibility index (Phi) is 2.74. The quantitative estimate of drug-likeness (QED) is 0.826. The van der Waals surface area contributed by atoms with Crippen LogP contribution in [0.15, 0.2) is 18.6 Å². The second kappa shape index (κ2) is 3.87. The average molecular weight is 210 g/mol. The third-order valence-corrected chi connectivity index (χ3v) is 4.41. The molecule has 1 N–H and O–H groups in total. The lowest BCUT2D eigenvalue weighted by Gasteiger charge is -2.43. The molecule has 1 fully saturated rings. The molecule has 1 heterocycles. The molecule has 0 amide bonds. The van der Waals surface area contributed by atoms with E-state index in [1.807, 2.05) is 0 Å². The Labute approximate surface area is 88.0 Å². The molecule has 1 aliphatic rings. The Morgan fingerprint density at radius 3 is 2.71 bits per heavy atom. The molecular weight excluding hydrogens is 196 g/mol. The maximum atomic E-state index is 10.2. The Morgan fingerprint density at radius 1 is 1.50 bits per heavy atom. The van der Waals surface area contributed by atoms with Crippen molar-refractivity contribution in [3.05, 3.63) is 24.3 Å². The van der Waals surface area contributed by atoms with Crippen molar-refractivity contribution >= 4 is 11.8 Å². The molecule has 0 saturated heterocycles. The number of aliphatic hydroxyl groups is 1. The van der Waals surface area contributed by atoms with Gasteiger partial charge >= 0.3 is 0 Å². The molecule has 3 nitrogen and oxygen atoms in total. The first-order valence-electron chi connectivity index (χ1n) is 4.78. The Hall–Kier alpha value is -0.610. The maximum Gasteiger partial charge on any atom is 0.112 e. The van der Waals surface area contributed by atoms with Crippen LogP contribution in [0.2, 0.25) is 0 Å². The summed E-state index contributed by atoms with van der Waals surface area (Å²) >= 11 is 1.74. The fraction of sp³-hybridized carbons (Fsp3) is 0.600. The van der Waals surface area contributed by atoms with Crippen molar-refractivity contribution in [1.29, 1.82) is 0 Å². The highest BCUT2D eigenvalue weighted by molar-refractivity contribution is 8.00. The average Bonchev–Trinajstić information content (AvgIpc) is 2.18. The summed E-state index contributed by atoms with van der Waals surface area (Å²) < 4.78 is -0.00394. The highest BCUT2D eigenvalue weighted by Gasteiger charge is 2.44. The predicted molar refractivity (Wildman–Crippen MR) is 57.1 cm³/mol. The number of rotatable bonds is 3. The third kappa shape index (κ3) is 1.53. The van der Waals surface area contributed by atoms with Gasteiger partial charge in [-0.15, -0.1) is 0 Å². The molecule has 1 aromatic heterocycles. The molecule has 14 heavy (non-hydrogen) atoms. The van der Waals surface area contributed by atoms with Crippen molar-refractivity contribution < 1.29 is 5.11 Å². The summed E-state index contributed by atoms with van der Waals surface area (Å²) in [5.41, 5.74) is 0.696. The minimum Gasteiger partial charge on any atom is -0.385 e. The van der Waals surface area contributed by atoms with E-state index in [0.29, 0.717) is 5.69 Å². The molecule has 1 atom stereocenters. The van der Waals surface area contributed by atoms with Crippen LogP contribution in [0.5, 0.6) is 0 Å². The summed E-state index contributed by atoms with van der Waals surface area (Å²) in [5, 5.41) is 10.2. The van der Waals surface area contributed by atoms with E-state index in [1.165, 1.54) is 6.42 Å². The van der Waals surface area contributed by atoms with Crippen LogP contribution in [-0.2, 0) is 0 Å². The van der Waals surface area contributed by atoms with E-state index in [0.717, 1.165) is 12.8 Å². The summed E-state index contributed by atoms with van der Waals surface area (Å²) in [6, 6.07) is 0. The molecule has 0 bridgehead atoms. The number of aliphatic hydroxyl groups excluding tert-OH is 1. The SMILES string of the molecule is CSC1(C(O)c2cnccn2)CCC1. The standard InChI is InChI=1S/C10H14N2OS/c1-14-10(3-2-4-10)9(13)8-7-11-5-6-12-8/h5-7,9,13H,2-4H2,1H3. The smallest absolute Gasteiger partial charge is 0.112 e. The topological polar surface area (TPSA) is 46.0 Å². The van der Waals surface area contributed by atoms with Crippen molar-refractivity contribution in [3.63, 3.8) is 0 Å². The number of nitrogens with zero attached hydrogens (tertiary/aromatic N) is 2. The van der Waals surface area contributed by atoms with Crippen LogP contribution in [0.1, 0.15) is 31.1 Å². The Balaban J connectivity index is 2.19. The Bertz CT molecular complexity index is 295. The summed E-state index contributed by atoms with van der Waals surface area (Å²) in [4.78, 5) is 8.13. The minimum absolute atomic E-state index is 0.00394. The fourth-order valence-electron chi connectivity index (χ4n) is 1.84. The van der Waals surface area contributed by atoms with Crippen molar-refractivity contribution in [3.8, 4) is 0 Å². The molecule has 1 aromatic rings. The first-order valence-corrected chi connectivity index (χ1v) is 6.00. The summed E-state index contributed by atoms with van der Waals surface area (Å²) in [6.45, 7) is 0. The van der Waals surface area contributed by atoms with E-state index >= 15 is 0 Å². The van der Waals surface area contributed by atoms with Gasteiger partial charge in [0.1, 0.15) is 6.10 Å². The number of hydrogen-bond acceptors (Lipinski definition) is 4. The molecular formula is C10H14N2OS. The minimum atomic E-state index is -0.472. The van der Waals surface area contributed by atoms with Gasteiger partial charge in [0.15, 0.2) is 0 Å². The number of hydrogen-bond donors (Lipinski definition) is 1. The number of thioether (sulfide) groups is 1. The van der Waals surface area contributed by atoms with E-state index < -0.39 is 6.10 Å². The molecule has 76 valence electrons. The maximum absolute atomic E-state index is 10.2. The van der Waals surface area contributed by atoms with E-state index in [1.54, 1.807) is 30.4 Å². The van der Waals surface area contributed by atoms with Gasteiger partial charge in [-0.3, -0.25) is 9.97 Å². The van der Waals surface area contributed by atoms with Gasteiger partial charge < -0.3 is 5.11 Å². The van der Waals surface area contributed by atoms with Gasteiger partial charge in [-0.2, -0.15) is 11.8 Å². The van der Waals surface area contributed by atoms with Gasteiger partial charge in [0.05, 0.1) is 11.9 Å². The molecule has 0 aromatic carbocycles. The zero-order valence-electron chi connectivity index (χ0n) is 8.18. The van der Waals surface area contributed by atoms with Gasteiger partial charge in [-0.05, 0) is 19.1 Å². The van der Waals surface area contributed by atoms with Crippen LogP contribution in [0.4, 0.5) is 0 Å². The fourth-order valence-corrected chi connectivity index (χ4v) is 2.88. The van der Waals surface area contributed by atoms with E-state index in [2.05, 4.69) is 16.2 Å². The van der Waals surface area contributed by atoms with Gasteiger partial charge in [0.25, 0.3) is 0 Å². The summed E-state index contributed by atoms with van der Waals surface area (Å²) in [6.07, 6.45) is 9.85. The van der Waals surface area contributed by atoms with Gasteiger partial charge in [0, 0.05) is 17.1 Å². The highest BCUT2D eigenvalue weighted by Crippen LogP contribution is 2.50. The largest absolute Gasteiger partial charge is 0.385 e. The molecule has 1 saturated carbocycles. The van der Waals surface area contributed by atoms with Crippen LogP contribution < -0.4 is 0 Å². The van der Waals surface area contributed by atoms with Crippen molar-refractivity contribution in [2.75, 3.05) is 6.26 Å². The molecule has 0 aliphatic heterocycles. The lowest BCUT2D eigenvalue weighted by molar-refractivity contribution is 0.0836. The van der Waals surface area contributed by atoms with Crippen LogP contribution in [0, 0.1) is 0 Å². The van der Waals surface area contributed by atoms with E-state index in [-0.39, 0.29) is 4.75 Å². The van der Waals surface area contributed by atoms with Gasteiger partial charge in [-0.1, -0.05) is 6.42 Å². The zero-order chi connectivity index (χ0) is 10.0. The first-order chi connectivity index (χ1) is 6.78. The molecule has 4 heteroatoms. The van der Waals surface area contributed by atoms with E-state index in [4.69, 9.17) is 0 Å². The monoisotopic (exact) mass is 210 g/mol. The molecule has 2 rings (SSSR count). The van der Waals surface area contributed by atoms with Crippen LogP contribution in [0.3, 0.4) is 0 Å². The molecule has 1 unspecified atom stereocenters. The van der Waals surface area contributed by atoms with Crippen molar-refractivity contribution in [2.45, 2.75) is 30.1 Å². The predicted octanol–water partition coefficient (Wildman–Crippen LogP) is 1.80. The second-order valence-corrected chi connectivity index (χ2v) is 4.88. The van der Waals surface area contributed by atoms with Gasteiger partial charge in [0.2, 0.25) is 0 Å². The normalized spacial score (nSPS) is 21.3. The number of aromatic nitrogens is 2. The second-order valence-electron chi connectivity index (χ2n) is 3.66. The Morgan fingerprint density at radius 2 is 2.29 bits per heavy atom. The van der Waals surface area contributed by atoms with Crippen molar-refractivity contribution in [2.24, 2.45) is 0 Å². The van der Waals surface area contributed by atoms with Crippen LogP contribution in [-0.4, -0.2) is 26.1 Å². The highest BCUT2D eigenvalue weighted by atomic mass is 32.2. The van der Waals surface area contributed by atoms with E-state index in [9.17, 15) is 5.11 Å². The zero-order valence-corrected chi connectivity index (χ0v) is 9.00. The molecule has 0 radical (unpaired) electrons. The van der Waals surface area contributed by atoms with Gasteiger partial charge in [-0.25, -0.2) is 0 Å². The van der Waals surface area contributed by atoms with Crippen LogP contribution in [0.25, 0.3) is 0 Å². The van der Waals surface area contributed by atoms with Crippen molar-refractivity contribution in [1.82, 2.24) is 9.97 Å². The third-order valence-electron chi connectivity index (χ3n) is 2.97. The first kappa shape index (κ1) is 9.93. The molecule has 1 aliphatic carbocycles.